The van der Waals surface area contributed by atoms with E-state index in [1.54, 1.807) is 11.2 Å². The zero-order chi connectivity index (χ0) is 27.5. The lowest BCUT2D eigenvalue weighted by Crippen LogP contribution is -2.49. The number of hydrogen-bond donors (Lipinski definition) is 0. The van der Waals surface area contributed by atoms with Gasteiger partial charge in [0.05, 0.1) is 17.1 Å². The van der Waals surface area contributed by atoms with E-state index in [1.807, 2.05) is 46.4 Å². The molecule has 38 heavy (non-hydrogen) atoms. The first-order valence-electron chi connectivity index (χ1n) is 13.4. The summed E-state index contributed by atoms with van der Waals surface area (Å²) in [6.45, 7) is 15.6. The summed E-state index contributed by atoms with van der Waals surface area (Å²) in [5.74, 6) is 0. The summed E-state index contributed by atoms with van der Waals surface area (Å²) in [6.07, 6.45) is 10.8. The molecular weight excluding hydrogens is 496 g/mol. The van der Waals surface area contributed by atoms with Gasteiger partial charge in [0.15, 0.2) is 0 Å². The van der Waals surface area contributed by atoms with E-state index in [0.717, 1.165) is 66.4 Å². The molecule has 10 heteroatoms. The first kappa shape index (κ1) is 28.0. The Morgan fingerprint density at radius 2 is 1.95 bits per heavy atom. The number of aromatic nitrogens is 4. The molecule has 3 aromatic rings. The Morgan fingerprint density at radius 1 is 1.21 bits per heavy atom. The second kappa shape index (κ2) is 11.4. The van der Waals surface area contributed by atoms with Crippen LogP contribution in [0, 0.1) is 0 Å². The van der Waals surface area contributed by atoms with Crippen molar-refractivity contribution in [3.05, 3.63) is 37.2 Å². The Balaban J connectivity index is 1.65. The molecule has 0 spiro atoms. The van der Waals surface area contributed by atoms with Gasteiger partial charge in [-0.3, -0.25) is 0 Å². The molecule has 3 aromatic heterocycles. The fourth-order valence-corrected chi connectivity index (χ4v) is 5.49. The standard InChI is InChI=1S/C28H42N6O3Si/c1-28(2,3)37-27(35)32(4)22-9-8-12-33(17-22)24-10-11-31-26-25(24)23(21-15-29-19-30-16-21)18-34(26)20-36-13-14-38(5,6)7/h10-11,15-16,18-19,22H,8-9,12-14,17,20H2,1-7H3. The summed E-state index contributed by atoms with van der Waals surface area (Å²) in [5.41, 5.74) is 3.41. The first-order valence-corrected chi connectivity index (χ1v) is 17.2. The van der Waals surface area contributed by atoms with E-state index in [9.17, 15) is 4.79 Å². The number of carbonyl (C=O) groups is 1. The van der Waals surface area contributed by atoms with Crippen LogP contribution in [-0.4, -0.2) is 77.0 Å². The van der Waals surface area contributed by atoms with Crippen LogP contribution in [0.1, 0.15) is 33.6 Å². The Morgan fingerprint density at radius 3 is 2.63 bits per heavy atom. The molecule has 206 valence electrons. The summed E-state index contributed by atoms with van der Waals surface area (Å²) in [4.78, 5) is 30.2. The first-order chi connectivity index (χ1) is 17.9. The fourth-order valence-electron chi connectivity index (χ4n) is 4.73. The molecule has 9 nitrogen and oxygen atoms in total. The molecule has 1 fully saturated rings. The van der Waals surface area contributed by atoms with Gasteiger partial charge in [-0.2, -0.15) is 0 Å². The number of carbonyl (C=O) groups excluding carboxylic acids is 1. The van der Waals surface area contributed by atoms with Crippen molar-refractivity contribution in [2.45, 2.75) is 77.7 Å². The van der Waals surface area contributed by atoms with Gasteiger partial charge in [0, 0.05) is 70.7 Å². The van der Waals surface area contributed by atoms with Crippen LogP contribution < -0.4 is 4.90 Å². The van der Waals surface area contributed by atoms with Gasteiger partial charge in [0.1, 0.15) is 24.3 Å². The van der Waals surface area contributed by atoms with Crippen LogP contribution in [0.4, 0.5) is 10.5 Å². The Hall–Kier alpha value is -2.98. The topological polar surface area (TPSA) is 85.6 Å². The molecule has 4 rings (SSSR count). The van der Waals surface area contributed by atoms with E-state index < -0.39 is 13.7 Å². The summed E-state index contributed by atoms with van der Waals surface area (Å²) in [5, 5.41) is 1.05. The second-order valence-electron chi connectivity index (χ2n) is 12.3. The molecule has 0 bridgehead atoms. The van der Waals surface area contributed by atoms with Crippen molar-refractivity contribution in [3.8, 4) is 11.1 Å². The van der Waals surface area contributed by atoms with Crippen LogP contribution in [0.2, 0.25) is 25.7 Å². The molecule has 0 saturated carbocycles. The number of hydrogen-bond acceptors (Lipinski definition) is 7. The van der Waals surface area contributed by atoms with Crippen molar-refractivity contribution >= 4 is 30.9 Å². The summed E-state index contributed by atoms with van der Waals surface area (Å²) in [6, 6.07) is 3.24. The third-order valence-corrected chi connectivity index (χ3v) is 8.50. The van der Waals surface area contributed by atoms with Crippen LogP contribution >= 0.6 is 0 Å². The van der Waals surface area contributed by atoms with Gasteiger partial charge >= 0.3 is 6.09 Å². The van der Waals surface area contributed by atoms with E-state index in [-0.39, 0.29) is 12.1 Å². The largest absolute Gasteiger partial charge is 0.444 e. The Kier molecular flexibility index (Phi) is 8.42. The molecule has 1 saturated heterocycles. The number of amides is 1. The van der Waals surface area contributed by atoms with Crippen LogP contribution in [0.3, 0.4) is 0 Å². The van der Waals surface area contributed by atoms with Gasteiger partial charge in [-0.1, -0.05) is 19.6 Å². The van der Waals surface area contributed by atoms with Crippen LogP contribution in [-0.2, 0) is 16.2 Å². The van der Waals surface area contributed by atoms with Gasteiger partial charge in [0.25, 0.3) is 0 Å². The minimum atomic E-state index is -1.18. The maximum absolute atomic E-state index is 12.8. The third-order valence-electron chi connectivity index (χ3n) is 6.80. The van der Waals surface area contributed by atoms with Crippen molar-refractivity contribution in [1.82, 2.24) is 24.4 Å². The highest BCUT2D eigenvalue weighted by Gasteiger charge is 2.30. The highest BCUT2D eigenvalue weighted by Crippen LogP contribution is 2.37. The van der Waals surface area contributed by atoms with Crippen LogP contribution in [0.5, 0.6) is 0 Å². The van der Waals surface area contributed by atoms with Crippen molar-refractivity contribution in [2.75, 3.05) is 31.6 Å². The van der Waals surface area contributed by atoms with Gasteiger partial charge in [0.2, 0.25) is 0 Å². The SMILES string of the molecule is CN(C(=O)OC(C)(C)C)C1CCCN(c2ccnc3c2c(-c2cncnc2)cn3COCC[Si](C)(C)C)C1. The van der Waals surface area contributed by atoms with E-state index in [4.69, 9.17) is 14.5 Å². The van der Waals surface area contributed by atoms with Crippen molar-refractivity contribution in [2.24, 2.45) is 0 Å². The van der Waals surface area contributed by atoms with Crippen LogP contribution in [0.15, 0.2) is 37.2 Å². The average Bonchev–Trinajstić information content (AvgIpc) is 3.24. The van der Waals surface area contributed by atoms with E-state index >= 15 is 0 Å². The molecule has 4 heterocycles. The lowest BCUT2D eigenvalue weighted by atomic mass is 10.0. The monoisotopic (exact) mass is 538 g/mol. The number of ether oxygens (including phenoxy) is 2. The van der Waals surface area contributed by atoms with Crippen molar-refractivity contribution in [1.29, 1.82) is 0 Å². The lowest BCUT2D eigenvalue weighted by molar-refractivity contribution is 0.0210. The molecule has 1 atom stereocenters. The lowest BCUT2D eigenvalue weighted by Gasteiger charge is -2.39. The van der Waals surface area contributed by atoms with Gasteiger partial charge in [-0.25, -0.2) is 19.7 Å². The Bertz CT molecular complexity index is 1240. The summed E-state index contributed by atoms with van der Waals surface area (Å²) >= 11 is 0. The molecule has 1 amide bonds. The highest BCUT2D eigenvalue weighted by molar-refractivity contribution is 6.76. The normalized spacial score (nSPS) is 16.6. The molecule has 0 N–H and O–H groups in total. The molecule has 1 aliphatic heterocycles. The number of pyridine rings is 1. The van der Waals surface area contributed by atoms with Gasteiger partial charge < -0.3 is 23.8 Å². The number of fused-ring (bicyclic) bond motifs is 1. The average molecular weight is 539 g/mol. The van der Waals surface area contributed by atoms with E-state index in [0.29, 0.717) is 6.73 Å². The zero-order valence-electron chi connectivity index (χ0n) is 23.9. The molecule has 1 unspecified atom stereocenters. The quantitative estimate of drug-likeness (QED) is 0.271. The molecule has 0 aliphatic carbocycles. The molecule has 0 aromatic carbocycles. The van der Waals surface area contributed by atoms with Gasteiger partial charge in [-0.15, -0.1) is 0 Å². The fraction of sp³-hybridized carbons (Fsp3) is 0.571. The Labute approximate surface area is 227 Å². The van der Waals surface area contributed by atoms with Gasteiger partial charge in [-0.05, 0) is 45.7 Å². The van der Waals surface area contributed by atoms with Crippen molar-refractivity contribution < 1.29 is 14.3 Å². The predicted molar refractivity (Wildman–Crippen MR) is 154 cm³/mol. The predicted octanol–water partition coefficient (Wildman–Crippen LogP) is 5.64. The summed E-state index contributed by atoms with van der Waals surface area (Å²) < 4.78 is 13.8. The molecular formula is C28H42N6O3Si. The summed E-state index contributed by atoms with van der Waals surface area (Å²) in [7, 11) is 0.663. The smallest absolute Gasteiger partial charge is 0.410 e. The van der Waals surface area contributed by atoms with Crippen LogP contribution in [0.25, 0.3) is 22.2 Å². The number of likely N-dealkylation sites (N-methyl/N-ethyl adjacent to an activating group) is 1. The number of piperidine rings is 1. The number of rotatable bonds is 8. The molecule has 1 aliphatic rings. The number of anilines is 1. The van der Waals surface area contributed by atoms with E-state index in [2.05, 4.69) is 51.3 Å². The minimum absolute atomic E-state index is 0.0531. The zero-order valence-corrected chi connectivity index (χ0v) is 24.9. The minimum Gasteiger partial charge on any atom is -0.444 e. The third kappa shape index (κ3) is 6.90. The second-order valence-corrected chi connectivity index (χ2v) is 18.0. The van der Waals surface area contributed by atoms with Crippen molar-refractivity contribution in [3.63, 3.8) is 0 Å². The molecule has 0 radical (unpaired) electrons. The number of nitrogens with zero attached hydrogens (tertiary/aromatic N) is 6. The maximum atomic E-state index is 12.8. The highest BCUT2D eigenvalue weighted by atomic mass is 28.3. The maximum Gasteiger partial charge on any atom is 0.410 e. The van der Waals surface area contributed by atoms with E-state index in [1.165, 1.54) is 0 Å².